The number of H-pyrrole nitrogens is 1. The van der Waals surface area contributed by atoms with Gasteiger partial charge in [0.2, 0.25) is 10.0 Å². The predicted molar refractivity (Wildman–Crippen MR) is 74.6 cm³/mol. The second-order valence-corrected chi connectivity index (χ2v) is 6.89. The van der Waals surface area contributed by atoms with Gasteiger partial charge in [-0.15, -0.1) is 0 Å². The summed E-state index contributed by atoms with van der Waals surface area (Å²) in [5, 5.41) is 6.21. The molecule has 0 aliphatic rings. The molecule has 0 aliphatic heterocycles. The molecule has 10 heteroatoms. The van der Waals surface area contributed by atoms with Crippen molar-refractivity contribution >= 4 is 49.2 Å². The van der Waals surface area contributed by atoms with Gasteiger partial charge >= 0.3 is 0 Å². The van der Waals surface area contributed by atoms with E-state index in [-0.39, 0.29) is 21.5 Å². The van der Waals surface area contributed by atoms with Crippen LogP contribution in [0, 0.1) is 0 Å². The van der Waals surface area contributed by atoms with Crippen molar-refractivity contribution in [2.75, 3.05) is 0 Å². The molecule has 1 heterocycles. The van der Waals surface area contributed by atoms with Crippen LogP contribution in [0.4, 0.5) is 0 Å². The minimum absolute atomic E-state index is 0.0319. The molecule has 1 aromatic heterocycles. The minimum atomic E-state index is -3.84. The molecule has 6 nitrogen and oxygen atoms in total. The molecule has 0 atom stereocenters. The Morgan fingerprint density at radius 2 is 1.95 bits per heavy atom. The molecule has 19 heavy (non-hydrogen) atoms. The smallest absolute Gasteiger partial charge is 0.243 e. The maximum Gasteiger partial charge on any atom is 0.243 e. The fraction of sp³-hybridized carbons (Fsp3) is 0.111. The van der Waals surface area contributed by atoms with Crippen molar-refractivity contribution in [2.45, 2.75) is 11.4 Å². The number of nitrogens with one attached hydrogen (secondary N) is 2. The van der Waals surface area contributed by atoms with E-state index in [9.17, 15) is 8.42 Å². The van der Waals surface area contributed by atoms with E-state index in [1.165, 1.54) is 18.5 Å². The highest BCUT2D eigenvalue weighted by Gasteiger charge is 2.22. The molecule has 102 valence electrons. The number of hydrogen-bond donors (Lipinski definition) is 2. The first kappa shape index (κ1) is 14.7. The Bertz CT molecular complexity index is 667. The van der Waals surface area contributed by atoms with Gasteiger partial charge in [-0.2, -0.15) is 5.10 Å². The Balaban J connectivity index is 2.29. The van der Waals surface area contributed by atoms with Crippen LogP contribution < -0.4 is 4.72 Å². The highest BCUT2D eigenvalue weighted by Crippen LogP contribution is 2.32. The van der Waals surface area contributed by atoms with Crippen molar-refractivity contribution in [1.82, 2.24) is 19.9 Å². The van der Waals surface area contributed by atoms with Gasteiger partial charge in [-0.25, -0.2) is 18.1 Å². The van der Waals surface area contributed by atoms with Gasteiger partial charge in [-0.3, -0.25) is 5.10 Å². The standard InChI is InChI=1S/C9H7BrCl2N4O2S/c10-5-1-6(11)9(7(12)2-5)19(17,18)15-3-8-13-4-14-16-8/h1-2,4,15H,3H2,(H,13,14,16). The van der Waals surface area contributed by atoms with Crippen LogP contribution in [-0.4, -0.2) is 23.6 Å². The van der Waals surface area contributed by atoms with Gasteiger partial charge in [0.05, 0.1) is 16.6 Å². The summed E-state index contributed by atoms with van der Waals surface area (Å²) in [6.07, 6.45) is 1.28. The average Bonchev–Trinajstić information content (AvgIpc) is 2.77. The fourth-order valence-corrected chi connectivity index (χ4v) is 4.26. The second-order valence-electron chi connectivity index (χ2n) is 3.46. The van der Waals surface area contributed by atoms with Gasteiger partial charge in [-0.05, 0) is 12.1 Å². The fourth-order valence-electron chi connectivity index (χ4n) is 1.34. The number of nitrogens with zero attached hydrogens (tertiary/aromatic N) is 2. The third-order valence-electron chi connectivity index (χ3n) is 2.13. The van der Waals surface area contributed by atoms with Gasteiger partial charge in [0.25, 0.3) is 0 Å². The zero-order valence-corrected chi connectivity index (χ0v) is 13.1. The molecule has 2 aromatic rings. The summed E-state index contributed by atoms with van der Waals surface area (Å²) in [6, 6.07) is 2.91. The Labute approximate surface area is 127 Å². The molecule has 1 aromatic carbocycles. The van der Waals surface area contributed by atoms with Crippen LogP contribution in [-0.2, 0) is 16.6 Å². The van der Waals surface area contributed by atoms with Crippen LogP contribution in [0.5, 0.6) is 0 Å². The van der Waals surface area contributed by atoms with Crippen LogP contribution in [0.25, 0.3) is 0 Å². The predicted octanol–water partition coefficient (Wildman–Crippen LogP) is 2.35. The van der Waals surface area contributed by atoms with Crippen LogP contribution in [0.1, 0.15) is 5.82 Å². The van der Waals surface area contributed by atoms with Crippen molar-refractivity contribution in [3.05, 3.63) is 38.8 Å². The van der Waals surface area contributed by atoms with Crippen molar-refractivity contribution in [1.29, 1.82) is 0 Å². The Kier molecular flexibility index (Phi) is 4.46. The van der Waals surface area contributed by atoms with Crippen LogP contribution in [0.3, 0.4) is 0 Å². The first-order chi connectivity index (χ1) is 8.90. The summed E-state index contributed by atoms with van der Waals surface area (Å²) in [7, 11) is -3.84. The number of sulfonamides is 1. The zero-order chi connectivity index (χ0) is 14.0. The lowest BCUT2D eigenvalue weighted by Gasteiger charge is -2.09. The first-order valence-electron chi connectivity index (χ1n) is 4.88. The normalized spacial score (nSPS) is 11.7. The molecule has 0 amide bonds. The van der Waals surface area contributed by atoms with E-state index < -0.39 is 10.0 Å². The van der Waals surface area contributed by atoms with Crippen LogP contribution in [0.15, 0.2) is 27.8 Å². The van der Waals surface area contributed by atoms with Gasteiger partial charge < -0.3 is 0 Å². The van der Waals surface area contributed by atoms with Gasteiger partial charge in [0, 0.05) is 4.47 Å². The molecular formula is C9H7BrCl2N4O2S. The van der Waals surface area contributed by atoms with Gasteiger partial charge in [0.1, 0.15) is 17.0 Å². The molecule has 0 saturated heterocycles. The van der Waals surface area contributed by atoms with Gasteiger partial charge in [-0.1, -0.05) is 39.1 Å². The van der Waals surface area contributed by atoms with Crippen molar-refractivity contribution in [2.24, 2.45) is 0 Å². The molecule has 2 rings (SSSR count). The first-order valence-corrected chi connectivity index (χ1v) is 7.92. The summed E-state index contributed by atoms with van der Waals surface area (Å²) in [4.78, 5) is 3.64. The summed E-state index contributed by atoms with van der Waals surface area (Å²) in [5.41, 5.74) is 0. The van der Waals surface area contributed by atoms with E-state index >= 15 is 0 Å². The monoisotopic (exact) mass is 384 g/mol. The van der Waals surface area contributed by atoms with E-state index in [1.807, 2.05) is 0 Å². The highest BCUT2D eigenvalue weighted by molar-refractivity contribution is 9.10. The van der Waals surface area contributed by atoms with E-state index in [2.05, 4.69) is 35.8 Å². The number of halogens is 3. The highest BCUT2D eigenvalue weighted by atomic mass is 79.9. The SMILES string of the molecule is O=S(=O)(NCc1ncn[nH]1)c1c(Cl)cc(Br)cc1Cl. The number of aromatic amines is 1. The molecule has 0 fully saturated rings. The zero-order valence-electron chi connectivity index (χ0n) is 9.19. The molecule has 2 N–H and O–H groups in total. The molecule has 0 bridgehead atoms. The quantitative estimate of drug-likeness (QED) is 0.845. The summed E-state index contributed by atoms with van der Waals surface area (Å²) in [6.45, 7) is -0.0367. The number of hydrogen-bond acceptors (Lipinski definition) is 4. The van der Waals surface area contributed by atoms with E-state index in [0.29, 0.717) is 10.3 Å². The minimum Gasteiger partial charge on any atom is -0.262 e. The average molecular weight is 386 g/mol. The molecule has 0 saturated carbocycles. The van der Waals surface area contributed by atoms with Gasteiger partial charge in [0.15, 0.2) is 0 Å². The summed E-state index contributed by atoms with van der Waals surface area (Å²) < 4.78 is 27.2. The largest absolute Gasteiger partial charge is 0.262 e. The molecule has 0 radical (unpaired) electrons. The molecule has 0 unspecified atom stereocenters. The number of aromatic nitrogens is 3. The maximum absolute atomic E-state index is 12.1. The molecule has 0 spiro atoms. The van der Waals surface area contributed by atoms with E-state index in [1.54, 1.807) is 0 Å². The third-order valence-corrected chi connectivity index (χ3v) is 4.91. The van der Waals surface area contributed by atoms with E-state index in [4.69, 9.17) is 23.2 Å². The Hall–Kier alpha value is -0.670. The summed E-state index contributed by atoms with van der Waals surface area (Å²) >= 11 is 15.0. The topological polar surface area (TPSA) is 87.7 Å². The number of rotatable bonds is 4. The lowest BCUT2D eigenvalue weighted by molar-refractivity contribution is 0.579. The lowest BCUT2D eigenvalue weighted by atomic mass is 10.4. The Morgan fingerprint density at radius 1 is 1.32 bits per heavy atom. The van der Waals surface area contributed by atoms with Crippen molar-refractivity contribution in [3.8, 4) is 0 Å². The maximum atomic E-state index is 12.1. The van der Waals surface area contributed by atoms with E-state index in [0.717, 1.165) is 0 Å². The second kappa shape index (κ2) is 5.76. The Morgan fingerprint density at radius 3 is 2.47 bits per heavy atom. The summed E-state index contributed by atoms with van der Waals surface area (Å²) in [5.74, 6) is 0.382. The van der Waals surface area contributed by atoms with Crippen LogP contribution >= 0.6 is 39.1 Å². The number of benzene rings is 1. The lowest BCUT2D eigenvalue weighted by Crippen LogP contribution is -2.24. The van der Waals surface area contributed by atoms with Crippen LogP contribution in [0.2, 0.25) is 10.0 Å². The molecular weight excluding hydrogens is 379 g/mol. The van der Waals surface area contributed by atoms with Crippen molar-refractivity contribution < 1.29 is 8.42 Å². The van der Waals surface area contributed by atoms with Crippen molar-refractivity contribution in [3.63, 3.8) is 0 Å². The molecule has 0 aliphatic carbocycles. The third kappa shape index (κ3) is 3.46.